The number of hydrogen-bond donors (Lipinski definition) is 0. The van der Waals surface area contributed by atoms with Crippen LogP contribution in [-0.2, 0) is 6.54 Å². The minimum absolute atomic E-state index is 0.330. The number of nitrogens with zero attached hydrogens (tertiary/aromatic N) is 4. The second-order valence-electron chi connectivity index (χ2n) is 6.02. The molecule has 0 bridgehead atoms. The van der Waals surface area contributed by atoms with Crippen molar-refractivity contribution in [2.75, 3.05) is 13.1 Å². The van der Waals surface area contributed by atoms with Gasteiger partial charge in [0.15, 0.2) is 0 Å². The molecule has 0 saturated carbocycles. The number of aryl methyl sites for hydroxylation is 1. The summed E-state index contributed by atoms with van der Waals surface area (Å²) in [6, 6.07) is 12.3. The Bertz CT molecular complexity index is 794. The van der Waals surface area contributed by atoms with Crippen molar-refractivity contribution in [3.63, 3.8) is 0 Å². The van der Waals surface area contributed by atoms with Gasteiger partial charge in [-0.15, -0.1) is 0 Å². The molecule has 5 nitrogen and oxygen atoms in total. The highest BCUT2D eigenvalue weighted by Crippen LogP contribution is 2.29. The third kappa shape index (κ3) is 2.87. The van der Waals surface area contributed by atoms with E-state index in [1.807, 2.05) is 12.1 Å². The number of rotatable bonds is 4. The quantitative estimate of drug-likeness (QED) is 0.741. The van der Waals surface area contributed by atoms with Crippen LogP contribution in [0.3, 0.4) is 0 Å². The highest BCUT2D eigenvalue weighted by Gasteiger charge is 2.32. The lowest BCUT2D eigenvalue weighted by atomic mass is 9.98. The van der Waals surface area contributed by atoms with Gasteiger partial charge in [0, 0.05) is 37.6 Å². The zero-order valence-corrected chi connectivity index (χ0v) is 13.0. The minimum Gasteiger partial charge on any atom is -0.339 e. The van der Waals surface area contributed by atoms with E-state index in [0.29, 0.717) is 11.7 Å². The molecule has 0 N–H and O–H groups in total. The van der Waals surface area contributed by atoms with Gasteiger partial charge >= 0.3 is 0 Å². The molecule has 1 saturated heterocycles. The van der Waals surface area contributed by atoms with Crippen molar-refractivity contribution in [2.45, 2.75) is 19.4 Å². The monoisotopic (exact) mass is 306 g/mol. The Morgan fingerprint density at radius 2 is 2.04 bits per heavy atom. The highest BCUT2D eigenvalue weighted by molar-refractivity contribution is 5.51. The molecule has 2 aromatic heterocycles. The molecule has 0 unspecified atom stereocenters. The number of likely N-dealkylation sites (tertiary alicyclic amines) is 1. The summed E-state index contributed by atoms with van der Waals surface area (Å²) in [5.74, 6) is 1.67. The van der Waals surface area contributed by atoms with Crippen LogP contribution in [0.25, 0.3) is 11.4 Å². The highest BCUT2D eigenvalue weighted by atomic mass is 16.5. The van der Waals surface area contributed by atoms with Gasteiger partial charge in [-0.25, -0.2) is 0 Å². The lowest BCUT2D eigenvalue weighted by molar-refractivity contribution is 0.117. The molecule has 0 radical (unpaired) electrons. The molecule has 1 aliphatic heterocycles. The maximum atomic E-state index is 5.43. The third-order valence-electron chi connectivity index (χ3n) is 4.32. The maximum absolute atomic E-state index is 5.43. The summed E-state index contributed by atoms with van der Waals surface area (Å²) in [5.41, 5.74) is 3.61. The van der Waals surface area contributed by atoms with Crippen molar-refractivity contribution < 1.29 is 4.52 Å². The van der Waals surface area contributed by atoms with Gasteiger partial charge in [-0.1, -0.05) is 29.4 Å². The first-order valence-electron chi connectivity index (χ1n) is 7.80. The molecule has 1 fully saturated rings. The van der Waals surface area contributed by atoms with Crippen molar-refractivity contribution in [3.8, 4) is 11.4 Å². The van der Waals surface area contributed by atoms with Crippen LogP contribution in [0.1, 0.15) is 22.9 Å². The van der Waals surface area contributed by atoms with Crippen LogP contribution in [0.4, 0.5) is 0 Å². The topological polar surface area (TPSA) is 55.1 Å². The van der Waals surface area contributed by atoms with E-state index < -0.39 is 0 Å². The molecule has 0 atom stereocenters. The van der Waals surface area contributed by atoms with Gasteiger partial charge in [0.25, 0.3) is 0 Å². The van der Waals surface area contributed by atoms with E-state index >= 15 is 0 Å². The Balaban J connectivity index is 1.39. The van der Waals surface area contributed by atoms with Crippen LogP contribution in [0, 0.1) is 6.92 Å². The van der Waals surface area contributed by atoms with Gasteiger partial charge < -0.3 is 4.52 Å². The molecule has 116 valence electrons. The molecule has 0 aliphatic carbocycles. The van der Waals surface area contributed by atoms with Crippen LogP contribution in [0.15, 0.2) is 53.3 Å². The van der Waals surface area contributed by atoms with Crippen molar-refractivity contribution in [3.05, 3.63) is 65.8 Å². The number of aromatic nitrogens is 3. The van der Waals surface area contributed by atoms with Crippen molar-refractivity contribution in [2.24, 2.45) is 0 Å². The molecule has 1 aromatic carbocycles. The Morgan fingerprint density at radius 1 is 1.17 bits per heavy atom. The molecule has 1 aliphatic rings. The van der Waals surface area contributed by atoms with E-state index in [9.17, 15) is 0 Å². The SMILES string of the molecule is Cc1ccccc1CN1CC(c2nc(-c3cccnc3)no2)C1. The molecular weight excluding hydrogens is 288 g/mol. The molecule has 4 rings (SSSR count). The molecule has 0 amide bonds. The average Bonchev–Trinajstić information content (AvgIpc) is 3.02. The predicted molar refractivity (Wildman–Crippen MR) is 86.7 cm³/mol. The summed E-state index contributed by atoms with van der Waals surface area (Å²) in [4.78, 5) is 11.0. The minimum atomic E-state index is 0.330. The van der Waals surface area contributed by atoms with E-state index in [2.05, 4.69) is 51.2 Å². The third-order valence-corrected chi connectivity index (χ3v) is 4.32. The molecule has 3 heterocycles. The fourth-order valence-corrected chi connectivity index (χ4v) is 2.90. The van der Waals surface area contributed by atoms with Crippen molar-refractivity contribution in [1.82, 2.24) is 20.0 Å². The van der Waals surface area contributed by atoms with Gasteiger partial charge in [-0.3, -0.25) is 9.88 Å². The fraction of sp³-hybridized carbons (Fsp3) is 0.278. The number of benzene rings is 1. The molecule has 3 aromatic rings. The summed E-state index contributed by atoms with van der Waals surface area (Å²) < 4.78 is 5.43. The second kappa shape index (κ2) is 5.93. The van der Waals surface area contributed by atoms with Gasteiger partial charge in [-0.2, -0.15) is 4.98 Å². The van der Waals surface area contributed by atoms with Gasteiger partial charge in [0.1, 0.15) is 0 Å². The molecule has 23 heavy (non-hydrogen) atoms. The summed E-state index contributed by atoms with van der Waals surface area (Å²) in [6.07, 6.45) is 3.49. The summed E-state index contributed by atoms with van der Waals surface area (Å²) in [5, 5.41) is 4.07. The Hall–Kier alpha value is -2.53. The number of hydrogen-bond acceptors (Lipinski definition) is 5. The first-order valence-corrected chi connectivity index (χ1v) is 7.80. The normalized spacial score (nSPS) is 15.5. The van der Waals surface area contributed by atoms with Crippen molar-refractivity contribution in [1.29, 1.82) is 0 Å². The molecular formula is C18H18N4O. The standard InChI is InChI=1S/C18H18N4O/c1-13-5-2-3-6-15(13)10-22-11-16(12-22)18-20-17(21-23-18)14-7-4-8-19-9-14/h2-9,16H,10-12H2,1H3. The summed E-state index contributed by atoms with van der Waals surface area (Å²) >= 11 is 0. The Labute approximate surface area is 135 Å². The van der Waals surface area contributed by atoms with Gasteiger partial charge in [0.2, 0.25) is 11.7 Å². The summed E-state index contributed by atoms with van der Waals surface area (Å²) in [7, 11) is 0. The Kier molecular flexibility index (Phi) is 3.63. The van der Waals surface area contributed by atoms with Crippen LogP contribution >= 0.6 is 0 Å². The van der Waals surface area contributed by atoms with Crippen molar-refractivity contribution >= 4 is 0 Å². The van der Waals surface area contributed by atoms with E-state index in [1.54, 1.807) is 12.4 Å². The zero-order chi connectivity index (χ0) is 15.6. The maximum Gasteiger partial charge on any atom is 0.232 e. The van der Waals surface area contributed by atoms with E-state index in [0.717, 1.165) is 31.1 Å². The Morgan fingerprint density at radius 3 is 2.83 bits per heavy atom. The van der Waals surface area contributed by atoms with E-state index in [1.165, 1.54) is 11.1 Å². The van der Waals surface area contributed by atoms with E-state index in [-0.39, 0.29) is 0 Å². The first kappa shape index (κ1) is 14.1. The van der Waals surface area contributed by atoms with Gasteiger partial charge in [0.05, 0.1) is 5.92 Å². The first-order chi connectivity index (χ1) is 11.3. The van der Waals surface area contributed by atoms with Crippen LogP contribution in [-0.4, -0.2) is 33.1 Å². The van der Waals surface area contributed by atoms with Gasteiger partial charge in [-0.05, 0) is 30.2 Å². The van der Waals surface area contributed by atoms with E-state index in [4.69, 9.17) is 4.52 Å². The molecule has 0 spiro atoms. The smallest absolute Gasteiger partial charge is 0.232 e. The zero-order valence-electron chi connectivity index (χ0n) is 13.0. The molecule has 5 heteroatoms. The largest absolute Gasteiger partial charge is 0.339 e. The lowest BCUT2D eigenvalue weighted by Crippen LogP contribution is -2.44. The predicted octanol–water partition coefficient (Wildman–Crippen LogP) is 3.04. The summed E-state index contributed by atoms with van der Waals surface area (Å²) in [6.45, 7) is 5.06. The number of pyridine rings is 1. The van der Waals surface area contributed by atoms with Crippen LogP contribution in [0.2, 0.25) is 0 Å². The van der Waals surface area contributed by atoms with Crippen LogP contribution in [0.5, 0.6) is 0 Å². The van der Waals surface area contributed by atoms with Crippen LogP contribution < -0.4 is 0 Å². The lowest BCUT2D eigenvalue weighted by Gasteiger charge is -2.37. The fourth-order valence-electron chi connectivity index (χ4n) is 2.90. The average molecular weight is 306 g/mol. The second-order valence-corrected chi connectivity index (χ2v) is 6.02.